The maximum atomic E-state index is 13.2. The largest absolute Gasteiger partial charge is 0.314 e. The minimum atomic E-state index is -0.157. The Hall–Kier alpha value is -1.67. The van der Waals surface area contributed by atoms with E-state index in [0.717, 1.165) is 24.9 Å². The molecular weight excluding hydrogens is 261 g/mol. The van der Waals surface area contributed by atoms with Crippen LogP contribution in [0.25, 0.3) is 0 Å². The molecule has 0 aliphatic heterocycles. The van der Waals surface area contributed by atoms with Gasteiger partial charge in [-0.15, -0.1) is 0 Å². The molecule has 0 aromatic heterocycles. The first kappa shape index (κ1) is 15.7. The predicted octanol–water partition coefficient (Wildman–Crippen LogP) is 4.21. The molecule has 0 spiro atoms. The molecule has 0 radical (unpaired) electrons. The van der Waals surface area contributed by atoms with Crippen LogP contribution in [0.15, 0.2) is 42.5 Å². The normalized spacial score (nSPS) is 12.4. The first-order valence-corrected chi connectivity index (χ1v) is 7.62. The van der Waals surface area contributed by atoms with Crippen LogP contribution in [0.2, 0.25) is 0 Å². The SMILES string of the molecule is CCNC(Cc1cccc(C)c1)Cc1ccc(F)cc1C. The second kappa shape index (κ2) is 7.37. The minimum absolute atomic E-state index is 0.157. The molecule has 21 heavy (non-hydrogen) atoms. The zero-order chi connectivity index (χ0) is 15.2. The van der Waals surface area contributed by atoms with Crippen molar-refractivity contribution in [1.29, 1.82) is 0 Å². The smallest absolute Gasteiger partial charge is 0.123 e. The van der Waals surface area contributed by atoms with Gasteiger partial charge in [0.1, 0.15) is 5.82 Å². The highest BCUT2D eigenvalue weighted by atomic mass is 19.1. The van der Waals surface area contributed by atoms with Gasteiger partial charge in [0.05, 0.1) is 0 Å². The van der Waals surface area contributed by atoms with E-state index in [4.69, 9.17) is 0 Å². The van der Waals surface area contributed by atoms with Crippen molar-refractivity contribution in [1.82, 2.24) is 5.32 Å². The fourth-order valence-electron chi connectivity index (χ4n) is 2.78. The summed E-state index contributed by atoms with van der Waals surface area (Å²) in [4.78, 5) is 0. The van der Waals surface area contributed by atoms with Crippen molar-refractivity contribution in [3.05, 3.63) is 70.5 Å². The van der Waals surface area contributed by atoms with Gasteiger partial charge in [-0.3, -0.25) is 0 Å². The van der Waals surface area contributed by atoms with Crippen molar-refractivity contribution in [2.24, 2.45) is 0 Å². The minimum Gasteiger partial charge on any atom is -0.314 e. The Labute approximate surface area is 127 Å². The van der Waals surface area contributed by atoms with Crippen LogP contribution < -0.4 is 5.32 Å². The van der Waals surface area contributed by atoms with Gasteiger partial charge in [0.2, 0.25) is 0 Å². The maximum absolute atomic E-state index is 13.2. The van der Waals surface area contributed by atoms with Gasteiger partial charge in [0.25, 0.3) is 0 Å². The van der Waals surface area contributed by atoms with Crippen LogP contribution in [-0.2, 0) is 12.8 Å². The molecule has 0 bridgehead atoms. The van der Waals surface area contributed by atoms with Crippen LogP contribution in [0.5, 0.6) is 0 Å². The number of likely N-dealkylation sites (N-methyl/N-ethyl adjacent to an activating group) is 1. The van der Waals surface area contributed by atoms with E-state index in [0.29, 0.717) is 6.04 Å². The zero-order valence-electron chi connectivity index (χ0n) is 13.1. The molecule has 0 fully saturated rings. The third-order valence-electron chi connectivity index (χ3n) is 3.83. The molecule has 1 unspecified atom stereocenters. The average Bonchev–Trinajstić information content (AvgIpc) is 2.42. The molecule has 2 rings (SSSR count). The van der Waals surface area contributed by atoms with Gasteiger partial charge < -0.3 is 5.32 Å². The van der Waals surface area contributed by atoms with Crippen molar-refractivity contribution >= 4 is 0 Å². The van der Waals surface area contributed by atoms with Crippen LogP contribution in [0.3, 0.4) is 0 Å². The fourth-order valence-corrected chi connectivity index (χ4v) is 2.78. The van der Waals surface area contributed by atoms with Gasteiger partial charge in [-0.25, -0.2) is 4.39 Å². The Bertz CT molecular complexity index is 592. The molecule has 0 aliphatic rings. The summed E-state index contributed by atoms with van der Waals surface area (Å²) in [6.07, 6.45) is 1.92. The van der Waals surface area contributed by atoms with Crippen molar-refractivity contribution in [2.45, 2.75) is 39.7 Å². The average molecular weight is 285 g/mol. The summed E-state index contributed by atoms with van der Waals surface area (Å²) in [7, 11) is 0. The molecule has 1 N–H and O–H groups in total. The number of benzene rings is 2. The van der Waals surface area contributed by atoms with Gasteiger partial charge in [0.15, 0.2) is 0 Å². The quantitative estimate of drug-likeness (QED) is 0.838. The first-order chi connectivity index (χ1) is 10.1. The summed E-state index contributed by atoms with van der Waals surface area (Å²) in [5.74, 6) is -0.157. The molecular formula is C19H24FN. The summed E-state index contributed by atoms with van der Waals surface area (Å²) >= 11 is 0. The summed E-state index contributed by atoms with van der Waals surface area (Å²) in [6.45, 7) is 7.17. The van der Waals surface area contributed by atoms with E-state index < -0.39 is 0 Å². The maximum Gasteiger partial charge on any atom is 0.123 e. The van der Waals surface area contributed by atoms with Crippen LogP contribution in [-0.4, -0.2) is 12.6 Å². The highest BCUT2D eigenvalue weighted by Crippen LogP contribution is 2.15. The summed E-state index contributed by atoms with van der Waals surface area (Å²) < 4.78 is 13.2. The topological polar surface area (TPSA) is 12.0 Å². The molecule has 2 aromatic rings. The van der Waals surface area contributed by atoms with E-state index in [1.54, 1.807) is 12.1 Å². The van der Waals surface area contributed by atoms with Crippen LogP contribution >= 0.6 is 0 Å². The van der Waals surface area contributed by atoms with Gasteiger partial charge in [-0.1, -0.05) is 42.8 Å². The lowest BCUT2D eigenvalue weighted by molar-refractivity contribution is 0.519. The highest BCUT2D eigenvalue weighted by Gasteiger charge is 2.11. The standard InChI is InChI=1S/C19H24FN/c1-4-21-19(12-16-7-5-6-14(2)10-16)13-17-8-9-18(20)11-15(17)3/h5-11,19,21H,4,12-13H2,1-3H3. The lowest BCUT2D eigenvalue weighted by Crippen LogP contribution is -2.33. The van der Waals surface area contributed by atoms with Crippen LogP contribution in [0.4, 0.5) is 4.39 Å². The zero-order valence-corrected chi connectivity index (χ0v) is 13.1. The number of hydrogen-bond donors (Lipinski definition) is 1. The monoisotopic (exact) mass is 285 g/mol. The van der Waals surface area contributed by atoms with E-state index in [-0.39, 0.29) is 5.82 Å². The lowest BCUT2D eigenvalue weighted by Gasteiger charge is -2.19. The Morgan fingerprint density at radius 2 is 1.86 bits per heavy atom. The molecule has 0 saturated heterocycles. The second-order valence-electron chi connectivity index (χ2n) is 5.72. The third kappa shape index (κ3) is 4.68. The predicted molar refractivity (Wildman–Crippen MR) is 87.2 cm³/mol. The second-order valence-corrected chi connectivity index (χ2v) is 5.72. The van der Waals surface area contributed by atoms with Gasteiger partial charge >= 0.3 is 0 Å². The molecule has 2 heteroatoms. The van der Waals surface area contributed by atoms with Crippen LogP contribution in [0.1, 0.15) is 29.2 Å². The molecule has 2 aromatic carbocycles. The highest BCUT2D eigenvalue weighted by molar-refractivity contribution is 5.28. The van der Waals surface area contributed by atoms with Crippen LogP contribution in [0, 0.1) is 19.7 Å². The van der Waals surface area contributed by atoms with Crippen molar-refractivity contribution in [3.8, 4) is 0 Å². The number of hydrogen-bond acceptors (Lipinski definition) is 1. The number of nitrogens with one attached hydrogen (secondary N) is 1. The fraction of sp³-hybridized carbons (Fsp3) is 0.368. The Morgan fingerprint density at radius 1 is 1.05 bits per heavy atom. The third-order valence-corrected chi connectivity index (χ3v) is 3.83. The lowest BCUT2D eigenvalue weighted by atomic mass is 9.95. The molecule has 0 saturated carbocycles. The molecule has 1 nitrogen and oxygen atoms in total. The number of aryl methyl sites for hydroxylation is 2. The van der Waals surface area contributed by atoms with Crippen molar-refractivity contribution in [3.63, 3.8) is 0 Å². The number of halogens is 1. The van der Waals surface area contributed by atoms with Gasteiger partial charge in [-0.05, 0) is 62.1 Å². The molecule has 0 amide bonds. The van der Waals surface area contributed by atoms with E-state index in [1.165, 1.54) is 16.7 Å². The Morgan fingerprint density at radius 3 is 2.52 bits per heavy atom. The van der Waals surface area contributed by atoms with Gasteiger partial charge in [0, 0.05) is 6.04 Å². The first-order valence-electron chi connectivity index (χ1n) is 7.62. The van der Waals surface area contributed by atoms with Crippen molar-refractivity contribution < 1.29 is 4.39 Å². The Balaban J connectivity index is 2.11. The molecule has 1 atom stereocenters. The van der Waals surface area contributed by atoms with E-state index in [9.17, 15) is 4.39 Å². The van der Waals surface area contributed by atoms with Gasteiger partial charge in [-0.2, -0.15) is 0 Å². The molecule has 0 aliphatic carbocycles. The Kier molecular flexibility index (Phi) is 5.51. The van der Waals surface area contributed by atoms with E-state index >= 15 is 0 Å². The van der Waals surface area contributed by atoms with Crippen molar-refractivity contribution in [2.75, 3.05) is 6.54 Å². The summed E-state index contributed by atoms with van der Waals surface area (Å²) in [5, 5.41) is 3.55. The summed E-state index contributed by atoms with van der Waals surface area (Å²) in [6, 6.07) is 14.1. The molecule has 112 valence electrons. The summed E-state index contributed by atoms with van der Waals surface area (Å²) in [5.41, 5.74) is 4.89. The van der Waals surface area contributed by atoms with E-state index in [2.05, 4.69) is 43.4 Å². The van der Waals surface area contributed by atoms with E-state index in [1.807, 2.05) is 13.0 Å². The number of rotatable bonds is 6. The molecule has 0 heterocycles.